The van der Waals surface area contributed by atoms with Gasteiger partial charge >= 0.3 is 5.97 Å². The van der Waals surface area contributed by atoms with Crippen LogP contribution < -0.4 is 5.32 Å². The van der Waals surface area contributed by atoms with Gasteiger partial charge in [0.1, 0.15) is 0 Å². The number of rotatable bonds is 10. The zero-order valence-electron chi connectivity index (χ0n) is 17.4. The third kappa shape index (κ3) is 5.81. The van der Waals surface area contributed by atoms with Gasteiger partial charge < -0.3 is 10.4 Å². The molecule has 0 saturated heterocycles. The lowest BCUT2D eigenvalue weighted by molar-refractivity contribution is -0.140. The minimum absolute atomic E-state index is 0.0621. The van der Waals surface area contributed by atoms with Crippen LogP contribution in [0.4, 0.5) is 0 Å². The average molecular weight is 387 g/mol. The molecule has 5 heteroatoms. The zero-order chi connectivity index (χ0) is 20.3. The number of carboxylic acid groups (broad SMARTS) is 1. The highest BCUT2D eigenvalue weighted by atomic mass is 16.4. The topological polar surface area (TPSA) is 69.6 Å². The maximum Gasteiger partial charge on any atom is 0.317 e. The quantitative estimate of drug-likeness (QED) is 0.646. The molecule has 2 aliphatic carbocycles. The van der Waals surface area contributed by atoms with E-state index in [4.69, 9.17) is 5.11 Å². The van der Waals surface area contributed by atoms with Crippen molar-refractivity contribution in [1.29, 1.82) is 0 Å². The summed E-state index contributed by atoms with van der Waals surface area (Å²) in [6, 6.07) is 8.83. The predicted octanol–water partition coefficient (Wildman–Crippen LogP) is 3.43. The second kappa shape index (κ2) is 9.08. The van der Waals surface area contributed by atoms with Gasteiger partial charge in [-0.25, -0.2) is 0 Å². The summed E-state index contributed by atoms with van der Waals surface area (Å²) >= 11 is 0. The molecule has 2 fully saturated rings. The summed E-state index contributed by atoms with van der Waals surface area (Å²) in [5, 5.41) is 12.3. The summed E-state index contributed by atoms with van der Waals surface area (Å²) in [5.74, 6) is 0.425. The first-order valence-electron chi connectivity index (χ1n) is 10.7. The fourth-order valence-corrected chi connectivity index (χ4v) is 4.04. The van der Waals surface area contributed by atoms with Gasteiger partial charge in [0, 0.05) is 18.6 Å². The number of aliphatic carboxylic acids is 1. The maximum atomic E-state index is 12.6. The molecule has 2 N–H and O–H groups in total. The van der Waals surface area contributed by atoms with E-state index in [-0.39, 0.29) is 30.5 Å². The van der Waals surface area contributed by atoms with Crippen molar-refractivity contribution in [2.24, 2.45) is 11.8 Å². The molecule has 1 aromatic rings. The van der Waals surface area contributed by atoms with E-state index in [9.17, 15) is 9.59 Å². The highest BCUT2D eigenvalue weighted by Gasteiger charge is 2.38. The fraction of sp³-hybridized carbons (Fsp3) is 0.652. The number of hydrogen-bond donors (Lipinski definition) is 2. The molecule has 1 atom stereocenters. The Bertz CT molecular complexity index is 676. The van der Waals surface area contributed by atoms with Crippen LogP contribution in [0, 0.1) is 11.8 Å². The molecule has 0 spiro atoms. The molecular weight excluding hydrogens is 352 g/mol. The number of benzene rings is 1. The van der Waals surface area contributed by atoms with E-state index >= 15 is 0 Å². The van der Waals surface area contributed by atoms with Gasteiger partial charge in [0.15, 0.2) is 0 Å². The van der Waals surface area contributed by atoms with Crippen molar-refractivity contribution in [3.8, 4) is 0 Å². The normalized spacial score (nSPS) is 22.8. The number of nitrogens with zero attached hydrogens (tertiary/aromatic N) is 1. The molecule has 0 aromatic heterocycles. The van der Waals surface area contributed by atoms with E-state index in [1.165, 1.54) is 18.4 Å². The maximum absolute atomic E-state index is 12.6. The molecule has 3 rings (SSSR count). The molecule has 2 aliphatic rings. The standard InChI is InChI=1S/C23H34N2O3/c1-15(2)10-17-6-8-19(9-7-17)16(3)23(28)24-20-11-21(12-20)25(14-22(26)27)13-18-4-5-18/h6-9,15-16,18,20-21H,4-5,10-14H2,1-3H3,(H,24,28)(H,26,27)/t16-,20?,21?/m0/s1. The third-order valence-corrected chi connectivity index (χ3v) is 6.02. The SMILES string of the molecule is CC(C)Cc1ccc([C@H](C)C(=O)NC2CC(N(CC(=O)O)CC3CC3)C2)cc1. The van der Waals surface area contributed by atoms with Gasteiger partial charge in [-0.05, 0) is 62.0 Å². The number of hydrogen-bond acceptors (Lipinski definition) is 3. The molecule has 28 heavy (non-hydrogen) atoms. The Morgan fingerprint density at radius 1 is 1.14 bits per heavy atom. The summed E-state index contributed by atoms with van der Waals surface area (Å²) < 4.78 is 0. The van der Waals surface area contributed by atoms with Crippen molar-refractivity contribution in [3.05, 3.63) is 35.4 Å². The van der Waals surface area contributed by atoms with Crippen LogP contribution in [0.25, 0.3) is 0 Å². The van der Waals surface area contributed by atoms with Gasteiger partial charge in [0.2, 0.25) is 5.91 Å². The molecule has 0 heterocycles. The first-order chi connectivity index (χ1) is 13.3. The van der Waals surface area contributed by atoms with Crippen molar-refractivity contribution >= 4 is 11.9 Å². The zero-order valence-corrected chi connectivity index (χ0v) is 17.4. The van der Waals surface area contributed by atoms with Gasteiger partial charge in [-0.15, -0.1) is 0 Å². The number of nitrogens with one attached hydrogen (secondary N) is 1. The van der Waals surface area contributed by atoms with Crippen molar-refractivity contribution in [3.63, 3.8) is 0 Å². The van der Waals surface area contributed by atoms with Crippen LogP contribution in [-0.4, -0.2) is 47.1 Å². The van der Waals surface area contributed by atoms with E-state index in [2.05, 4.69) is 48.3 Å². The first kappa shape index (κ1) is 20.8. The number of carbonyl (C=O) groups is 2. The van der Waals surface area contributed by atoms with Gasteiger partial charge in [-0.2, -0.15) is 0 Å². The van der Waals surface area contributed by atoms with E-state index in [1.54, 1.807) is 0 Å². The van der Waals surface area contributed by atoms with Crippen molar-refractivity contribution in [2.75, 3.05) is 13.1 Å². The molecule has 0 aliphatic heterocycles. The third-order valence-electron chi connectivity index (χ3n) is 6.02. The Morgan fingerprint density at radius 2 is 1.79 bits per heavy atom. The lowest BCUT2D eigenvalue weighted by Gasteiger charge is -2.43. The molecule has 1 aromatic carbocycles. The summed E-state index contributed by atoms with van der Waals surface area (Å²) in [7, 11) is 0. The lowest BCUT2D eigenvalue weighted by atomic mass is 9.84. The molecule has 5 nitrogen and oxygen atoms in total. The molecular formula is C23H34N2O3. The van der Waals surface area contributed by atoms with Crippen molar-refractivity contribution in [2.45, 2.75) is 70.9 Å². The molecule has 0 unspecified atom stereocenters. The summed E-state index contributed by atoms with van der Waals surface area (Å²) in [5.41, 5.74) is 2.35. The Morgan fingerprint density at radius 3 is 2.32 bits per heavy atom. The second-order valence-electron chi connectivity index (χ2n) is 9.16. The minimum Gasteiger partial charge on any atom is -0.480 e. The van der Waals surface area contributed by atoms with E-state index in [1.807, 2.05) is 6.92 Å². The largest absolute Gasteiger partial charge is 0.480 e. The number of carbonyl (C=O) groups excluding carboxylic acids is 1. The monoisotopic (exact) mass is 386 g/mol. The predicted molar refractivity (Wildman–Crippen MR) is 110 cm³/mol. The minimum atomic E-state index is -0.761. The van der Waals surface area contributed by atoms with Gasteiger partial charge in [-0.3, -0.25) is 14.5 Å². The summed E-state index contributed by atoms with van der Waals surface area (Å²) in [6.07, 6.45) is 5.20. The average Bonchev–Trinajstić information content (AvgIpc) is 3.40. The van der Waals surface area contributed by atoms with E-state index < -0.39 is 5.97 Å². The Balaban J connectivity index is 1.46. The van der Waals surface area contributed by atoms with E-state index in [0.29, 0.717) is 11.8 Å². The van der Waals surface area contributed by atoms with Gasteiger partial charge in [0.25, 0.3) is 0 Å². The van der Waals surface area contributed by atoms with Crippen LogP contribution in [-0.2, 0) is 16.0 Å². The second-order valence-corrected chi connectivity index (χ2v) is 9.16. The molecule has 154 valence electrons. The summed E-state index contributed by atoms with van der Waals surface area (Å²) in [6.45, 7) is 7.36. The Labute approximate surface area is 168 Å². The van der Waals surface area contributed by atoms with Crippen LogP contribution in [0.5, 0.6) is 0 Å². The van der Waals surface area contributed by atoms with Gasteiger partial charge in [-0.1, -0.05) is 38.1 Å². The van der Waals surface area contributed by atoms with Crippen LogP contribution in [0.2, 0.25) is 0 Å². The fourth-order valence-electron chi connectivity index (χ4n) is 4.04. The first-order valence-corrected chi connectivity index (χ1v) is 10.7. The highest BCUT2D eigenvalue weighted by Crippen LogP contribution is 2.34. The van der Waals surface area contributed by atoms with E-state index in [0.717, 1.165) is 31.4 Å². The number of carboxylic acids is 1. The Kier molecular flexibility index (Phi) is 6.76. The van der Waals surface area contributed by atoms with Crippen molar-refractivity contribution < 1.29 is 14.7 Å². The molecule has 1 amide bonds. The van der Waals surface area contributed by atoms with Crippen molar-refractivity contribution in [1.82, 2.24) is 10.2 Å². The molecule has 0 radical (unpaired) electrons. The van der Waals surface area contributed by atoms with Gasteiger partial charge in [0.05, 0.1) is 12.5 Å². The Hall–Kier alpha value is -1.88. The van der Waals surface area contributed by atoms with Crippen LogP contribution in [0.1, 0.15) is 63.5 Å². The highest BCUT2D eigenvalue weighted by molar-refractivity contribution is 5.83. The molecule has 0 bridgehead atoms. The summed E-state index contributed by atoms with van der Waals surface area (Å²) in [4.78, 5) is 25.9. The lowest BCUT2D eigenvalue weighted by Crippen LogP contribution is -2.55. The van der Waals surface area contributed by atoms with Crippen LogP contribution >= 0.6 is 0 Å². The van der Waals surface area contributed by atoms with Crippen LogP contribution in [0.15, 0.2) is 24.3 Å². The number of amides is 1. The van der Waals surface area contributed by atoms with Crippen LogP contribution in [0.3, 0.4) is 0 Å². The molecule has 2 saturated carbocycles. The smallest absolute Gasteiger partial charge is 0.317 e.